The van der Waals surface area contributed by atoms with E-state index in [1.165, 1.54) is 42.5 Å². The molecule has 4 aromatic carbocycles. The normalized spacial score (nSPS) is 13.0. The zero-order valence-electron chi connectivity index (χ0n) is 25.5. The number of amides is 1. The zero-order valence-corrected chi connectivity index (χ0v) is 27.1. The van der Waals surface area contributed by atoms with Gasteiger partial charge in [0.05, 0.1) is 19.7 Å². The van der Waals surface area contributed by atoms with E-state index in [1.807, 2.05) is 0 Å². The third-order valence-electron chi connectivity index (χ3n) is 7.65. The Morgan fingerprint density at radius 3 is 2.02 bits per heavy atom. The average molecular weight is 741 g/mol. The number of carbonyl (C=O) groups excluding carboxylic acids is 1. The highest BCUT2D eigenvalue weighted by Gasteiger charge is 2.39. The number of phenolic OH excluding ortho intramolecular Hbond substituents is 1. The molecule has 0 unspecified atom stereocenters. The Morgan fingerprint density at radius 2 is 1.44 bits per heavy atom. The molecule has 10 nitrogen and oxygen atoms in total. The summed E-state index contributed by atoms with van der Waals surface area (Å²) in [7, 11) is -5.70. The van der Waals surface area contributed by atoms with Crippen LogP contribution in [0.1, 0.15) is 34.3 Å². The summed E-state index contributed by atoms with van der Waals surface area (Å²) in [5, 5.41) is 30.4. The fourth-order valence-corrected chi connectivity index (χ4v) is 6.50. The van der Waals surface area contributed by atoms with Gasteiger partial charge in [0.25, 0.3) is 0 Å². The molecule has 3 N–H and O–H groups in total. The summed E-state index contributed by atoms with van der Waals surface area (Å²) in [5.41, 5.74) is -0.443. The standard InChI is InChI=1S/C33H26ClF5N2O8S/c34-20-5-3-17(4-6-20)13-40(50(47,48)32-30(38)28(36)27(35)29(37)31(32)39)15-26(44)41(21-7-8-24(33(45)46)25(43)11-21)14-19-9-22(42)12-23(10-19)49-16-18-1-2-18/h3-12,18,42-43H,1-2,13-16H2,(H,45,46). The van der Waals surface area contributed by atoms with Gasteiger partial charge in [-0.3, -0.25) is 4.79 Å². The van der Waals surface area contributed by atoms with E-state index >= 15 is 0 Å². The Bertz CT molecular complexity index is 2050. The van der Waals surface area contributed by atoms with Crippen LogP contribution in [0.4, 0.5) is 27.6 Å². The van der Waals surface area contributed by atoms with Crippen LogP contribution in [0.15, 0.2) is 65.6 Å². The highest BCUT2D eigenvalue weighted by Crippen LogP contribution is 2.33. The minimum atomic E-state index is -5.70. The molecule has 50 heavy (non-hydrogen) atoms. The minimum Gasteiger partial charge on any atom is -0.508 e. The zero-order chi connectivity index (χ0) is 36.5. The number of benzene rings is 4. The molecule has 5 rings (SSSR count). The molecule has 0 atom stereocenters. The number of carboxylic acids is 1. The first-order valence-corrected chi connectivity index (χ1v) is 16.5. The molecule has 0 aliphatic heterocycles. The van der Waals surface area contributed by atoms with Crippen LogP contribution in [0.5, 0.6) is 17.2 Å². The smallest absolute Gasteiger partial charge is 0.339 e. The molecule has 1 amide bonds. The van der Waals surface area contributed by atoms with Crippen molar-refractivity contribution in [3.63, 3.8) is 0 Å². The number of carboxylic acid groups (broad SMARTS) is 1. The van der Waals surface area contributed by atoms with Crippen molar-refractivity contribution in [3.8, 4) is 17.2 Å². The summed E-state index contributed by atoms with van der Waals surface area (Å²) in [6.07, 6.45) is 1.93. The van der Waals surface area contributed by atoms with Crippen LogP contribution in [-0.4, -0.2) is 53.1 Å². The summed E-state index contributed by atoms with van der Waals surface area (Å²) in [6, 6.07) is 12.2. The molecule has 0 bridgehead atoms. The van der Waals surface area contributed by atoms with Gasteiger partial charge in [0, 0.05) is 29.4 Å². The predicted octanol–water partition coefficient (Wildman–Crippen LogP) is 6.36. The number of carbonyl (C=O) groups is 2. The van der Waals surface area contributed by atoms with Gasteiger partial charge in [-0.2, -0.15) is 4.31 Å². The number of ether oxygens (including phenoxy) is 1. The topological polar surface area (TPSA) is 145 Å². The van der Waals surface area contributed by atoms with E-state index in [-0.39, 0.29) is 37.6 Å². The second kappa shape index (κ2) is 14.5. The first-order valence-electron chi connectivity index (χ1n) is 14.6. The van der Waals surface area contributed by atoms with Crippen molar-refractivity contribution >= 4 is 39.2 Å². The number of hydrogen-bond acceptors (Lipinski definition) is 7. The number of aromatic carboxylic acids is 1. The summed E-state index contributed by atoms with van der Waals surface area (Å²) in [6.45, 7) is -2.23. The summed E-state index contributed by atoms with van der Waals surface area (Å²) in [5.74, 6) is -16.1. The van der Waals surface area contributed by atoms with Crippen LogP contribution >= 0.6 is 11.6 Å². The number of halogens is 6. The van der Waals surface area contributed by atoms with E-state index in [9.17, 15) is 55.3 Å². The Morgan fingerprint density at radius 1 is 0.820 bits per heavy atom. The van der Waals surface area contributed by atoms with Crippen molar-refractivity contribution in [2.45, 2.75) is 30.8 Å². The van der Waals surface area contributed by atoms with Gasteiger partial charge < -0.3 is 25.0 Å². The van der Waals surface area contributed by atoms with Gasteiger partial charge in [-0.25, -0.2) is 35.2 Å². The lowest BCUT2D eigenvalue weighted by Crippen LogP contribution is -2.43. The van der Waals surface area contributed by atoms with E-state index in [0.29, 0.717) is 12.5 Å². The van der Waals surface area contributed by atoms with Crippen molar-refractivity contribution in [3.05, 3.63) is 111 Å². The highest BCUT2D eigenvalue weighted by molar-refractivity contribution is 7.89. The molecule has 264 valence electrons. The van der Waals surface area contributed by atoms with Crippen molar-refractivity contribution in [2.24, 2.45) is 5.92 Å². The molecule has 0 aromatic heterocycles. The molecule has 4 aromatic rings. The third-order valence-corrected chi connectivity index (χ3v) is 9.71. The van der Waals surface area contributed by atoms with Crippen LogP contribution in [-0.2, 0) is 27.9 Å². The van der Waals surface area contributed by atoms with Crippen molar-refractivity contribution in [2.75, 3.05) is 18.1 Å². The summed E-state index contributed by atoms with van der Waals surface area (Å²) < 4.78 is 105. The molecule has 1 fully saturated rings. The van der Waals surface area contributed by atoms with E-state index < -0.39 is 86.8 Å². The second-order valence-electron chi connectivity index (χ2n) is 11.4. The van der Waals surface area contributed by atoms with Crippen LogP contribution in [0.2, 0.25) is 5.02 Å². The minimum absolute atomic E-state index is 0.0927. The number of phenols is 2. The van der Waals surface area contributed by atoms with Crippen LogP contribution in [0, 0.1) is 35.0 Å². The van der Waals surface area contributed by atoms with Crippen molar-refractivity contribution < 1.29 is 60.0 Å². The Kier molecular flexibility index (Phi) is 10.5. The maximum absolute atomic E-state index is 14.9. The van der Waals surface area contributed by atoms with Crippen molar-refractivity contribution in [1.29, 1.82) is 0 Å². The van der Waals surface area contributed by atoms with Gasteiger partial charge in [0.15, 0.2) is 28.2 Å². The molecule has 0 spiro atoms. The predicted molar refractivity (Wildman–Crippen MR) is 168 cm³/mol. The molecule has 0 saturated heterocycles. The largest absolute Gasteiger partial charge is 0.508 e. The number of sulfonamides is 1. The maximum Gasteiger partial charge on any atom is 0.339 e. The van der Waals surface area contributed by atoms with Gasteiger partial charge in [-0.05, 0) is 66.3 Å². The molecule has 1 saturated carbocycles. The monoisotopic (exact) mass is 740 g/mol. The Balaban J connectivity index is 1.58. The van der Waals surface area contributed by atoms with Gasteiger partial charge in [0.2, 0.25) is 21.7 Å². The molecule has 0 radical (unpaired) electrons. The van der Waals surface area contributed by atoms with Crippen LogP contribution < -0.4 is 9.64 Å². The lowest BCUT2D eigenvalue weighted by atomic mass is 10.1. The molecular weight excluding hydrogens is 715 g/mol. The van der Waals surface area contributed by atoms with Crippen molar-refractivity contribution in [1.82, 2.24) is 4.31 Å². The van der Waals surface area contributed by atoms with Gasteiger partial charge in [-0.1, -0.05) is 23.7 Å². The first-order chi connectivity index (χ1) is 23.6. The lowest BCUT2D eigenvalue weighted by molar-refractivity contribution is -0.119. The Labute approximate surface area is 286 Å². The highest BCUT2D eigenvalue weighted by atomic mass is 35.5. The van der Waals surface area contributed by atoms with E-state index in [4.69, 9.17) is 16.3 Å². The second-order valence-corrected chi connectivity index (χ2v) is 13.7. The van der Waals surface area contributed by atoms with E-state index in [1.54, 1.807) is 0 Å². The molecule has 0 heterocycles. The molecular formula is C33H26ClF5N2O8S. The molecule has 1 aliphatic carbocycles. The number of nitrogens with zero attached hydrogens (tertiary/aromatic N) is 2. The first kappa shape index (κ1) is 36.4. The fraction of sp³-hybridized carbons (Fsp3) is 0.212. The van der Waals surface area contributed by atoms with E-state index in [2.05, 4.69) is 0 Å². The average Bonchev–Trinajstić information content (AvgIpc) is 3.89. The maximum atomic E-state index is 14.9. The van der Waals surface area contributed by atoms with Gasteiger partial charge >= 0.3 is 5.97 Å². The summed E-state index contributed by atoms with van der Waals surface area (Å²) in [4.78, 5) is 24.3. The van der Waals surface area contributed by atoms with Crippen LogP contribution in [0.25, 0.3) is 0 Å². The summed E-state index contributed by atoms with van der Waals surface area (Å²) >= 11 is 5.91. The molecule has 1 aliphatic rings. The SMILES string of the molecule is O=C(O)c1ccc(N(Cc2cc(O)cc(OCC3CC3)c2)C(=O)CN(Cc2ccc(Cl)cc2)S(=O)(=O)c2c(F)c(F)c(F)c(F)c2F)cc1O. The van der Waals surface area contributed by atoms with Gasteiger partial charge in [0.1, 0.15) is 22.8 Å². The third kappa shape index (κ3) is 7.93. The number of anilines is 1. The Hall–Kier alpha value is -4.93. The number of aromatic hydroxyl groups is 2. The number of hydrogen-bond donors (Lipinski definition) is 3. The van der Waals surface area contributed by atoms with E-state index in [0.717, 1.165) is 35.9 Å². The number of rotatable bonds is 13. The quantitative estimate of drug-likeness (QED) is 0.0817. The van der Waals surface area contributed by atoms with Crippen LogP contribution in [0.3, 0.4) is 0 Å². The van der Waals surface area contributed by atoms with Gasteiger partial charge in [-0.15, -0.1) is 0 Å². The fourth-order valence-electron chi connectivity index (χ4n) is 4.89. The molecule has 17 heteroatoms. The lowest BCUT2D eigenvalue weighted by Gasteiger charge is -2.28.